The Hall–Kier alpha value is -2.02. The number of hydrogen-bond donors (Lipinski definition) is 5. The van der Waals surface area contributed by atoms with Crippen LogP contribution in [0.1, 0.15) is 12.6 Å². The van der Waals surface area contributed by atoms with Crippen LogP contribution in [0.5, 0.6) is 0 Å². The normalized spacial score (nSPS) is 24.2. The summed E-state index contributed by atoms with van der Waals surface area (Å²) >= 11 is 0. The highest BCUT2D eigenvalue weighted by atomic mass is 31.2. The number of nitrogens with zero attached hydrogens (tertiary/aromatic N) is 2. The second-order valence-corrected chi connectivity index (χ2v) is 6.77. The van der Waals surface area contributed by atoms with E-state index >= 15 is 0 Å². The summed E-state index contributed by atoms with van der Waals surface area (Å²) in [6.07, 6.45) is -3.45. The van der Waals surface area contributed by atoms with Gasteiger partial charge in [-0.3, -0.25) is 28.4 Å². The van der Waals surface area contributed by atoms with E-state index in [0.717, 1.165) is 9.13 Å². The smallest absolute Gasteiger partial charge is 0.390 e. The van der Waals surface area contributed by atoms with Gasteiger partial charge in [0.15, 0.2) is 11.2 Å². The molecular formula is C11H15N4O9P. The van der Waals surface area contributed by atoms with Crippen LogP contribution in [0.3, 0.4) is 0 Å². The van der Waals surface area contributed by atoms with Crippen LogP contribution in [-0.4, -0.2) is 52.8 Å². The summed E-state index contributed by atoms with van der Waals surface area (Å²) in [5, 5.41) is 9.98. The molecule has 13 nitrogen and oxygen atoms in total. The number of nitrogens with one attached hydrogen (secondary N) is 2. The van der Waals surface area contributed by atoms with Crippen LogP contribution in [0.2, 0.25) is 0 Å². The summed E-state index contributed by atoms with van der Waals surface area (Å²) in [5.41, 5.74) is -2.44. The van der Waals surface area contributed by atoms with Crippen LogP contribution >= 0.6 is 7.82 Å². The maximum absolute atomic E-state index is 12.2. The molecule has 2 aromatic rings. The first-order valence-electron chi connectivity index (χ1n) is 7.05. The maximum atomic E-state index is 12.2. The van der Waals surface area contributed by atoms with Crippen LogP contribution < -0.4 is 16.9 Å². The van der Waals surface area contributed by atoms with E-state index in [1.165, 1.54) is 7.05 Å². The molecule has 138 valence electrons. The zero-order valence-corrected chi connectivity index (χ0v) is 13.7. The van der Waals surface area contributed by atoms with Crippen molar-refractivity contribution >= 4 is 19.0 Å². The van der Waals surface area contributed by atoms with Crippen molar-refractivity contribution in [1.82, 2.24) is 19.1 Å². The molecule has 3 atom stereocenters. The third-order valence-electron chi connectivity index (χ3n) is 3.87. The predicted octanol–water partition coefficient (Wildman–Crippen LogP) is -2.53. The van der Waals surface area contributed by atoms with Crippen LogP contribution in [0, 0.1) is 0 Å². The number of aromatic amines is 2. The largest absolute Gasteiger partial charge is 0.469 e. The summed E-state index contributed by atoms with van der Waals surface area (Å²) in [4.78, 5) is 57.5. The molecule has 0 aliphatic carbocycles. The van der Waals surface area contributed by atoms with E-state index < -0.39 is 49.8 Å². The third-order valence-corrected chi connectivity index (χ3v) is 4.36. The van der Waals surface area contributed by atoms with E-state index in [9.17, 15) is 24.1 Å². The molecule has 14 heteroatoms. The molecule has 25 heavy (non-hydrogen) atoms. The molecule has 0 radical (unpaired) electrons. The first kappa shape index (κ1) is 17.8. The van der Waals surface area contributed by atoms with Crippen molar-refractivity contribution in [2.24, 2.45) is 7.05 Å². The Bertz CT molecular complexity index is 1030. The van der Waals surface area contributed by atoms with Crippen LogP contribution in [0.4, 0.5) is 0 Å². The lowest BCUT2D eigenvalue weighted by Crippen LogP contribution is -2.31. The molecule has 0 spiro atoms. The molecule has 1 fully saturated rings. The summed E-state index contributed by atoms with van der Waals surface area (Å²) in [7, 11) is -3.41. The first-order chi connectivity index (χ1) is 11.6. The number of H-pyrrole nitrogens is 2. The van der Waals surface area contributed by atoms with Gasteiger partial charge in [0.2, 0.25) is 0 Å². The van der Waals surface area contributed by atoms with Crippen LogP contribution in [0.25, 0.3) is 11.2 Å². The molecule has 3 rings (SSSR count). The maximum Gasteiger partial charge on any atom is 0.469 e. The highest BCUT2D eigenvalue weighted by Crippen LogP contribution is 2.38. The molecule has 5 N–H and O–H groups in total. The number of fused-ring (bicyclic) bond motifs is 1. The molecule has 1 aliphatic heterocycles. The van der Waals surface area contributed by atoms with Crippen molar-refractivity contribution in [3.63, 3.8) is 0 Å². The minimum atomic E-state index is -4.75. The lowest BCUT2D eigenvalue weighted by Gasteiger charge is -2.16. The van der Waals surface area contributed by atoms with E-state index in [2.05, 4.69) is 9.51 Å². The van der Waals surface area contributed by atoms with Crippen molar-refractivity contribution in [2.45, 2.75) is 24.9 Å². The second kappa shape index (κ2) is 6.05. The first-order valence-corrected chi connectivity index (χ1v) is 8.58. The lowest BCUT2D eigenvalue weighted by atomic mass is 10.2. The molecule has 0 saturated carbocycles. The number of phosphoric ester groups is 1. The highest BCUT2D eigenvalue weighted by Gasteiger charge is 2.38. The van der Waals surface area contributed by atoms with E-state index in [1.807, 2.05) is 4.98 Å². The SMILES string of the molecule is Cn1c(=O)[nH]c(=O)c2[nH]c(=O)n([C@H]3C[C@H](O)[C@@H](COP(=O)(O)O)O3)c21. The van der Waals surface area contributed by atoms with E-state index in [4.69, 9.17) is 14.5 Å². The van der Waals surface area contributed by atoms with Gasteiger partial charge in [0.25, 0.3) is 5.56 Å². The topological polar surface area (TPSA) is 189 Å². The van der Waals surface area contributed by atoms with Crippen molar-refractivity contribution in [2.75, 3.05) is 6.61 Å². The lowest BCUT2D eigenvalue weighted by molar-refractivity contribution is -0.0434. The van der Waals surface area contributed by atoms with E-state index in [0.29, 0.717) is 0 Å². The minimum Gasteiger partial charge on any atom is -0.390 e. The Labute approximate surface area is 137 Å². The summed E-state index contributed by atoms with van der Waals surface area (Å²) < 4.78 is 22.5. The van der Waals surface area contributed by atoms with Gasteiger partial charge >= 0.3 is 19.2 Å². The number of phosphoric acid groups is 1. The third kappa shape index (κ3) is 3.25. The van der Waals surface area contributed by atoms with Gasteiger partial charge in [0, 0.05) is 13.5 Å². The fourth-order valence-corrected chi connectivity index (χ4v) is 3.07. The van der Waals surface area contributed by atoms with Gasteiger partial charge in [0.05, 0.1) is 12.7 Å². The van der Waals surface area contributed by atoms with E-state index in [-0.39, 0.29) is 17.6 Å². The van der Waals surface area contributed by atoms with Crippen LogP contribution in [-0.2, 0) is 20.9 Å². The second-order valence-electron chi connectivity index (χ2n) is 5.54. The molecule has 1 saturated heterocycles. The molecular weight excluding hydrogens is 363 g/mol. The number of hydrogen-bond acceptors (Lipinski definition) is 7. The highest BCUT2D eigenvalue weighted by molar-refractivity contribution is 7.46. The van der Waals surface area contributed by atoms with Gasteiger partial charge < -0.3 is 19.6 Å². The standard InChI is InChI=1S/C11H15N4O9P/c1-14-9-7(8(17)13-10(14)18)12-11(19)15(9)6-2-4(16)5(24-6)3-23-25(20,21)22/h4-6,16H,2-3H2,1H3,(H,12,19)(H,13,17,18)(H2,20,21,22)/t4-,5+,6+/m0/s1. The number of aromatic nitrogens is 4. The minimum absolute atomic E-state index is 0.0347. The fourth-order valence-electron chi connectivity index (χ4n) is 2.73. The molecule has 0 unspecified atom stereocenters. The van der Waals surface area contributed by atoms with Gasteiger partial charge in [-0.2, -0.15) is 0 Å². The quantitative estimate of drug-likeness (QED) is 0.357. The van der Waals surface area contributed by atoms with Crippen molar-refractivity contribution in [3.05, 3.63) is 31.3 Å². The zero-order valence-electron chi connectivity index (χ0n) is 12.8. The monoisotopic (exact) mass is 378 g/mol. The Morgan fingerprint density at radius 3 is 2.60 bits per heavy atom. The molecule has 0 amide bonds. The molecule has 1 aliphatic rings. The Morgan fingerprint density at radius 2 is 1.96 bits per heavy atom. The van der Waals surface area contributed by atoms with E-state index in [1.54, 1.807) is 0 Å². The number of imidazole rings is 1. The van der Waals surface area contributed by atoms with Gasteiger partial charge in [-0.05, 0) is 0 Å². The number of aliphatic hydroxyl groups excluding tert-OH is 1. The number of rotatable bonds is 4. The Morgan fingerprint density at radius 1 is 1.28 bits per heavy atom. The summed E-state index contributed by atoms with van der Waals surface area (Å²) in [6.45, 7) is -0.599. The number of aryl methyl sites for hydroxylation is 1. The van der Waals surface area contributed by atoms with Crippen molar-refractivity contribution in [1.29, 1.82) is 0 Å². The van der Waals surface area contributed by atoms with Gasteiger partial charge in [0.1, 0.15) is 12.3 Å². The molecule has 0 aromatic carbocycles. The van der Waals surface area contributed by atoms with Gasteiger partial charge in [-0.1, -0.05) is 0 Å². The Balaban J connectivity index is 2.00. The van der Waals surface area contributed by atoms with Gasteiger partial charge in [-0.15, -0.1) is 0 Å². The molecule has 3 heterocycles. The Kier molecular flexibility index (Phi) is 4.31. The fraction of sp³-hybridized carbons (Fsp3) is 0.545. The van der Waals surface area contributed by atoms with Gasteiger partial charge in [-0.25, -0.2) is 14.2 Å². The number of aliphatic hydroxyl groups is 1. The van der Waals surface area contributed by atoms with Crippen molar-refractivity contribution in [3.8, 4) is 0 Å². The molecule has 0 bridgehead atoms. The van der Waals surface area contributed by atoms with Crippen molar-refractivity contribution < 1.29 is 28.7 Å². The average molecular weight is 378 g/mol. The molecule has 2 aromatic heterocycles. The number of ether oxygens (including phenoxy) is 1. The zero-order chi connectivity index (χ0) is 18.5. The predicted molar refractivity (Wildman–Crippen MR) is 81.0 cm³/mol. The van der Waals surface area contributed by atoms with Crippen LogP contribution in [0.15, 0.2) is 14.4 Å². The summed E-state index contributed by atoms with van der Waals surface area (Å²) in [6, 6.07) is 0. The summed E-state index contributed by atoms with van der Waals surface area (Å²) in [5.74, 6) is 0. The average Bonchev–Trinajstić information content (AvgIpc) is 3.02.